The highest BCUT2D eigenvalue weighted by molar-refractivity contribution is 6.32. The van der Waals surface area contributed by atoms with Gasteiger partial charge in [-0.15, -0.1) is 0 Å². The van der Waals surface area contributed by atoms with Crippen LogP contribution in [0.1, 0.15) is 5.56 Å². The summed E-state index contributed by atoms with van der Waals surface area (Å²) in [6, 6.07) is 9.27. The van der Waals surface area contributed by atoms with Crippen molar-refractivity contribution >= 4 is 28.9 Å². The van der Waals surface area contributed by atoms with E-state index in [1.54, 1.807) is 18.2 Å². The molecule has 0 aliphatic carbocycles. The zero-order chi connectivity index (χ0) is 14.7. The van der Waals surface area contributed by atoms with E-state index in [-0.39, 0.29) is 17.3 Å². The van der Waals surface area contributed by atoms with Gasteiger partial charge in [0.25, 0.3) is 5.69 Å². The van der Waals surface area contributed by atoms with Crippen LogP contribution in [0.5, 0.6) is 11.5 Å². The zero-order valence-electron chi connectivity index (χ0n) is 10.2. The third-order valence-corrected chi connectivity index (χ3v) is 3.28. The van der Waals surface area contributed by atoms with Crippen molar-refractivity contribution in [3.63, 3.8) is 0 Å². The highest BCUT2D eigenvalue weighted by Crippen LogP contribution is 2.33. The van der Waals surface area contributed by atoms with Gasteiger partial charge < -0.3 is 10.5 Å². The Morgan fingerprint density at radius 1 is 1.20 bits per heavy atom. The molecule has 104 valence electrons. The van der Waals surface area contributed by atoms with Gasteiger partial charge in [-0.25, -0.2) is 0 Å². The van der Waals surface area contributed by atoms with Crippen LogP contribution in [-0.4, -0.2) is 4.92 Å². The van der Waals surface area contributed by atoms with Crippen molar-refractivity contribution in [1.29, 1.82) is 0 Å². The Kier molecular flexibility index (Phi) is 4.44. The standard InChI is InChI=1S/C13H10Cl2N2O3/c14-10-2-1-3-13(9(10)7-16)20-8-4-5-12(17(18)19)11(15)6-8/h1-6H,7,16H2. The monoisotopic (exact) mass is 312 g/mol. The molecule has 2 aromatic carbocycles. The first-order valence-corrected chi connectivity index (χ1v) is 6.37. The Bertz CT molecular complexity index is 662. The first-order chi connectivity index (χ1) is 9.52. The molecule has 0 aromatic heterocycles. The minimum absolute atomic E-state index is 0.00354. The fraction of sp³-hybridized carbons (Fsp3) is 0.0769. The largest absolute Gasteiger partial charge is 0.457 e. The van der Waals surface area contributed by atoms with E-state index in [4.69, 9.17) is 33.7 Å². The molecule has 0 bridgehead atoms. The molecule has 2 aromatic rings. The number of nitro groups is 1. The molecule has 0 amide bonds. The molecular weight excluding hydrogens is 303 g/mol. The summed E-state index contributed by atoms with van der Waals surface area (Å²) in [6.07, 6.45) is 0. The lowest BCUT2D eigenvalue weighted by Crippen LogP contribution is -2.00. The molecule has 0 radical (unpaired) electrons. The fourth-order valence-corrected chi connectivity index (χ4v) is 2.14. The van der Waals surface area contributed by atoms with E-state index in [1.807, 2.05) is 0 Å². The molecule has 2 N–H and O–H groups in total. The lowest BCUT2D eigenvalue weighted by atomic mass is 10.2. The number of hydrogen-bond donors (Lipinski definition) is 1. The van der Waals surface area contributed by atoms with Crippen LogP contribution >= 0.6 is 23.2 Å². The van der Waals surface area contributed by atoms with E-state index in [1.165, 1.54) is 18.2 Å². The van der Waals surface area contributed by atoms with Gasteiger partial charge in [-0.05, 0) is 18.2 Å². The lowest BCUT2D eigenvalue weighted by molar-refractivity contribution is -0.384. The molecule has 0 unspecified atom stereocenters. The van der Waals surface area contributed by atoms with Crippen LogP contribution in [0, 0.1) is 10.1 Å². The molecule has 5 nitrogen and oxygen atoms in total. The van der Waals surface area contributed by atoms with Gasteiger partial charge in [0.1, 0.15) is 16.5 Å². The SMILES string of the molecule is NCc1c(Cl)cccc1Oc1ccc([N+](=O)[O-])c(Cl)c1. The van der Waals surface area contributed by atoms with Crippen LogP contribution in [0.4, 0.5) is 5.69 Å². The van der Waals surface area contributed by atoms with Crippen molar-refractivity contribution in [1.82, 2.24) is 0 Å². The van der Waals surface area contributed by atoms with E-state index in [9.17, 15) is 10.1 Å². The fourth-order valence-electron chi connectivity index (χ4n) is 1.66. The summed E-state index contributed by atoms with van der Waals surface area (Å²) in [5.41, 5.74) is 6.10. The summed E-state index contributed by atoms with van der Waals surface area (Å²) < 4.78 is 5.63. The maximum Gasteiger partial charge on any atom is 0.288 e. The van der Waals surface area contributed by atoms with Crippen molar-refractivity contribution in [3.05, 3.63) is 62.1 Å². The molecule has 0 heterocycles. The van der Waals surface area contributed by atoms with Crippen LogP contribution in [0.2, 0.25) is 10.0 Å². The number of benzene rings is 2. The van der Waals surface area contributed by atoms with Gasteiger partial charge in [0, 0.05) is 29.3 Å². The molecule has 0 saturated carbocycles. The number of halogens is 2. The number of nitrogens with two attached hydrogens (primary N) is 1. The average molecular weight is 313 g/mol. The van der Waals surface area contributed by atoms with Crippen molar-refractivity contribution in [2.45, 2.75) is 6.54 Å². The summed E-state index contributed by atoms with van der Waals surface area (Å²) in [5.74, 6) is 0.863. The Hall–Kier alpha value is -1.82. The van der Waals surface area contributed by atoms with Gasteiger partial charge in [0.15, 0.2) is 0 Å². The molecule has 0 fully saturated rings. The minimum Gasteiger partial charge on any atom is -0.457 e. The number of ether oxygens (including phenoxy) is 1. The summed E-state index contributed by atoms with van der Waals surface area (Å²) in [5, 5.41) is 11.2. The van der Waals surface area contributed by atoms with Gasteiger partial charge >= 0.3 is 0 Å². The van der Waals surface area contributed by atoms with Gasteiger partial charge in [-0.2, -0.15) is 0 Å². The van der Waals surface area contributed by atoms with Crippen LogP contribution < -0.4 is 10.5 Å². The van der Waals surface area contributed by atoms with E-state index in [0.717, 1.165) is 0 Å². The number of nitrogens with zero attached hydrogens (tertiary/aromatic N) is 1. The van der Waals surface area contributed by atoms with Gasteiger partial charge in [-0.1, -0.05) is 29.3 Å². The molecule has 0 aliphatic heterocycles. The third-order valence-electron chi connectivity index (χ3n) is 2.62. The Balaban J connectivity index is 2.34. The number of rotatable bonds is 4. The maximum absolute atomic E-state index is 10.7. The van der Waals surface area contributed by atoms with E-state index in [2.05, 4.69) is 0 Å². The second-order valence-corrected chi connectivity index (χ2v) is 4.71. The third kappa shape index (κ3) is 3.01. The second kappa shape index (κ2) is 6.09. The first kappa shape index (κ1) is 14.6. The van der Waals surface area contributed by atoms with Crippen molar-refractivity contribution in [2.24, 2.45) is 5.73 Å². The van der Waals surface area contributed by atoms with Gasteiger partial charge in [0.2, 0.25) is 0 Å². The van der Waals surface area contributed by atoms with Crippen molar-refractivity contribution in [2.75, 3.05) is 0 Å². The second-order valence-electron chi connectivity index (χ2n) is 3.89. The molecule has 0 saturated heterocycles. The maximum atomic E-state index is 10.7. The quantitative estimate of drug-likeness (QED) is 0.679. The van der Waals surface area contributed by atoms with Crippen LogP contribution in [0.25, 0.3) is 0 Å². The van der Waals surface area contributed by atoms with E-state index >= 15 is 0 Å². The van der Waals surface area contributed by atoms with E-state index < -0.39 is 4.92 Å². The zero-order valence-corrected chi connectivity index (χ0v) is 11.7. The Labute approximate surface area is 125 Å². The first-order valence-electron chi connectivity index (χ1n) is 5.62. The summed E-state index contributed by atoms with van der Waals surface area (Å²) in [7, 11) is 0. The number of hydrogen-bond acceptors (Lipinski definition) is 4. The van der Waals surface area contributed by atoms with E-state index in [0.29, 0.717) is 22.1 Å². The molecule has 2 rings (SSSR count). The lowest BCUT2D eigenvalue weighted by Gasteiger charge is -2.11. The highest BCUT2D eigenvalue weighted by atomic mass is 35.5. The smallest absolute Gasteiger partial charge is 0.288 e. The molecule has 0 atom stereocenters. The van der Waals surface area contributed by atoms with Crippen molar-refractivity contribution < 1.29 is 9.66 Å². The highest BCUT2D eigenvalue weighted by Gasteiger charge is 2.14. The Morgan fingerprint density at radius 3 is 2.55 bits per heavy atom. The van der Waals surface area contributed by atoms with Crippen molar-refractivity contribution in [3.8, 4) is 11.5 Å². The molecular formula is C13H10Cl2N2O3. The summed E-state index contributed by atoms with van der Waals surface area (Å²) in [6.45, 7) is 0.218. The molecule has 7 heteroatoms. The topological polar surface area (TPSA) is 78.4 Å². The average Bonchev–Trinajstić information content (AvgIpc) is 2.38. The van der Waals surface area contributed by atoms with Crippen LogP contribution in [-0.2, 0) is 6.54 Å². The summed E-state index contributed by atoms with van der Waals surface area (Å²) >= 11 is 11.8. The Morgan fingerprint density at radius 2 is 1.95 bits per heavy atom. The van der Waals surface area contributed by atoms with Crippen LogP contribution in [0.3, 0.4) is 0 Å². The normalized spacial score (nSPS) is 10.3. The predicted octanol–water partition coefficient (Wildman–Crippen LogP) is 4.15. The molecule has 20 heavy (non-hydrogen) atoms. The van der Waals surface area contributed by atoms with Gasteiger partial charge in [-0.3, -0.25) is 10.1 Å². The number of nitro benzene ring substituents is 1. The predicted molar refractivity (Wildman–Crippen MR) is 77.5 cm³/mol. The minimum atomic E-state index is -0.559. The molecule has 0 aliphatic rings. The molecule has 0 spiro atoms. The van der Waals surface area contributed by atoms with Crippen LogP contribution in [0.15, 0.2) is 36.4 Å². The van der Waals surface area contributed by atoms with Gasteiger partial charge in [0.05, 0.1) is 4.92 Å². The summed E-state index contributed by atoms with van der Waals surface area (Å²) in [4.78, 5) is 10.1.